The average Bonchev–Trinajstić information content (AvgIpc) is 2.46. The third-order valence-corrected chi connectivity index (χ3v) is 4.89. The molecule has 0 fully saturated rings. The second kappa shape index (κ2) is 7.39. The molecule has 0 amide bonds. The number of rotatable bonds is 8. The molecule has 0 bridgehead atoms. The summed E-state index contributed by atoms with van der Waals surface area (Å²) in [6.07, 6.45) is 0.668. The number of nitrogens with one attached hydrogen (secondary N) is 1. The Bertz CT molecular complexity index is 601. The predicted molar refractivity (Wildman–Crippen MR) is 78.3 cm³/mol. The van der Waals surface area contributed by atoms with E-state index in [1.165, 1.54) is 36.7 Å². The summed E-state index contributed by atoms with van der Waals surface area (Å²) >= 11 is 0. The van der Waals surface area contributed by atoms with Gasteiger partial charge in [0.25, 0.3) is 0 Å². The fourth-order valence-electron chi connectivity index (χ4n) is 1.78. The van der Waals surface area contributed by atoms with Crippen molar-refractivity contribution in [3.63, 3.8) is 0 Å². The van der Waals surface area contributed by atoms with E-state index in [0.717, 1.165) is 0 Å². The van der Waals surface area contributed by atoms with Gasteiger partial charge in [0.15, 0.2) is 0 Å². The standard InChI is InChI=1S/C13H20N2O5S/c1-14-7-4-8-15(2)21(18,19)12-6-5-10(13(16)17)9-11(12)20-3/h5-6,9,14H,4,7-8H2,1-3H3,(H,16,17). The van der Waals surface area contributed by atoms with Crippen molar-refractivity contribution in [1.29, 1.82) is 0 Å². The van der Waals surface area contributed by atoms with Gasteiger partial charge in [-0.3, -0.25) is 0 Å². The second-order valence-electron chi connectivity index (χ2n) is 4.45. The van der Waals surface area contributed by atoms with E-state index in [4.69, 9.17) is 9.84 Å². The van der Waals surface area contributed by atoms with E-state index in [0.29, 0.717) is 19.5 Å². The van der Waals surface area contributed by atoms with Gasteiger partial charge in [-0.25, -0.2) is 17.5 Å². The highest BCUT2D eigenvalue weighted by Crippen LogP contribution is 2.27. The van der Waals surface area contributed by atoms with Crippen LogP contribution in [-0.2, 0) is 10.0 Å². The van der Waals surface area contributed by atoms with Crippen LogP contribution in [-0.4, -0.2) is 58.1 Å². The highest BCUT2D eigenvalue weighted by molar-refractivity contribution is 7.89. The number of hydrogen-bond donors (Lipinski definition) is 2. The highest BCUT2D eigenvalue weighted by Gasteiger charge is 2.25. The average molecular weight is 316 g/mol. The van der Waals surface area contributed by atoms with E-state index >= 15 is 0 Å². The summed E-state index contributed by atoms with van der Waals surface area (Å²) in [5.74, 6) is -1.12. The van der Waals surface area contributed by atoms with Crippen molar-refractivity contribution in [2.75, 3.05) is 34.3 Å². The first-order valence-corrected chi connectivity index (χ1v) is 7.81. The van der Waals surface area contributed by atoms with Crippen LogP contribution in [0.4, 0.5) is 0 Å². The van der Waals surface area contributed by atoms with Gasteiger partial charge in [0.2, 0.25) is 10.0 Å². The molecule has 0 unspecified atom stereocenters. The lowest BCUT2D eigenvalue weighted by Crippen LogP contribution is -2.30. The van der Waals surface area contributed by atoms with Crippen LogP contribution < -0.4 is 10.1 Å². The van der Waals surface area contributed by atoms with Crippen molar-refractivity contribution in [3.05, 3.63) is 23.8 Å². The Morgan fingerprint density at radius 2 is 2.10 bits per heavy atom. The van der Waals surface area contributed by atoms with Crippen molar-refractivity contribution in [3.8, 4) is 5.75 Å². The minimum absolute atomic E-state index is 0.0235. The molecule has 0 aliphatic heterocycles. The number of ether oxygens (including phenoxy) is 1. The van der Waals surface area contributed by atoms with Gasteiger partial charge in [-0.2, -0.15) is 0 Å². The number of benzene rings is 1. The third-order valence-electron chi connectivity index (χ3n) is 3.00. The zero-order valence-electron chi connectivity index (χ0n) is 12.3. The summed E-state index contributed by atoms with van der Waals surface area (Å²) in [4.78, 5) is 10.9. The number of sulfonamides is 1. The van der Waals surface area contributed by atoms with E-state index in [9.17, 15) is 13.2 Å². The Morgan fingerprint density at radius 1 is 1.43 bits per heavy atom. The van der Waals surface area contributed by atoms with Crippen molar-refractivity contribution in [1.82, 2.24) is 9.62 Å². The molecule has 0 aromatic heterocycles. The van der Waals surface area contributed by atoms with Crippen molar-refractivity contribution in [2.24, 2.45) is 0 Å². The minimum Gasteiger partial charge on any atom is -0.495 e. The maximum atomic E-state index is 12.5. The van der Waals surface area contributed by atoms with Gasteiger partial charge in [0.1, 0.15) is 10.6 Å². The van der Waals surface area contributed by atoms with Gasteiger partial charge in [-0.05, 0) is 38.2 Å². The van der Waals surface area contributed by atoms with Gasteiger partial charge in [-0.15, -0.1) is 0 Å². The normalized spacial score (nSPS) is 11.6. The molecule has 0 aliphatic rings. The van der Waals surface area contributed by atoms with Crippen LogP contribution in [0.2, 0.25) is 0 Å². The number of aromatic carboxylic acids is 1. The van der Waals surface area contributed by atoms with Gasteiger partial charge in [0, 0.05) is 13.6 Å². The van der Waals surface area contributed by atoms with E-state index in [-0.39, 0.29) is 16.2 Å². The van der Waals surface area contributed by atoms with Crippen molar-refractivity contribution < 1.29 is 23.1 Å². The first-order valence-electron chi connectivity index (χ1n) is 6.37. The number of hydrogen-bond acceptors (Lipinski definition) is 5. The molecule has 21 heavy (non-hydrogen) atoms. The predicted octanol–water partition coefficient (Wildman–Crippen LogP) is 0.623. The molecule has 0 spiro atoms. The lowest BCUT2D eigenvalue weighted by molar-refractivity contribution is 0.0696. The molecule has 8 heteroatoms. The fraction of sp³-hybridized carbons (Fsp3) is 0.462. The Hall–Kier alpha value is -1.64. The van der Waals surface area contributed by atoms with E-state index in [2.05, 4.69) is 5.32 Å². The number of carboxylic acid groups (broad SMARTS) is 1. The van der Waals surface area contributed by atoms with Gasteiger partial charge >= 0.3 is 5.97 Å². The summed E-state index contributed by atoms with van der Waals surface area (Å²) in [5.41, 5.74) is -0.0244. The molecule has 0 saturated heterocycles. The monoisotopic (exact) mass is 316 g/mol. The molecule has 0 aliphatic carbocycles. The molecule has 1 aromatic rings. The zero-order valence-corrected chi connectivity index (χ0v) is 13.1. The molecule has 0 atom stereocenters. The highest BCUT2D eigenvalue weighted by atomic mass is 32.2. The number of carboxylic acids is 1. The quantitative estimate of drug-likeness (QED) is 0.683. The van der Waals surface area contributed by atoms with Crippen LogP contribution in [0.1, 0.15) is 16.8 Å². The molecule has 2 N–H and O–H groups in total. The second-order valence-corrected chi connectivity index (χ2v) is 6.47. The number of nitrogens with zero attached hydrogens (tertiary/aromatic N) is 1. The van der Waals surface area contributed by atoms with E-state index in [1.807, 2.05) is 0 Å². The largest absolute Gasteiger partial charge is 0.495 e. The number of methoxy groups -OCH3 is 1. The molecule has 1 aromatic carbocycles. The van der Waals surface area contributed by atoms with Crippen LogP contribution in [0.25, 0.3) is 0 Å². The lowest BCUT2D eigenvalue weighted by atomic mass is 10.2. The molecular formula is C13H20N2O5S. The summed E-state index contributed by atoms with van der Waals surface area (Å²) in [5, 5.41) is 11.9. The Labute approximate surface area is 124 Å². The van der Waals surface area contributed by atoms with Crippen LogP contribution in [0.3, 0.4) is 0 Å². The van der Waals surface area contributed by atoms with Gasteiger partial charge < -0.3 is 15.2 Å². The first-order chi connectivity index (χ1) is 9.84. The molecule has 0 saturated carbocycles. The molecule has 1 rings (SSSR count). The van der Waals surface area contributed by atoms with Crippen LogP contribution in [0.15, 0.2) is 23.1 Å². The van der Waals surface area contributed by atoms with Crippen LogP contribution in [0, 0.1) is 0 Å². The Kier molecular flexibility index (Phi) is 6.13. The fourth-order valence-corrected chi connectivity index (χ4v) is 3.12. The SMILES string of the molecule is CNCCCN(C)S(=O)(=O)c1ccc(C(=O)O)cc1OC. The number of carbonyl (C=O) groups is 1. The van der Waals surface area contributed by atoms with Crippen LogP contribution in [0.5, 0.6) is 5.75 Å². The smallest absolute Gasteiger partial charge is 0.335 e. The summed E-state index contributed by atoms with van der Waals surface area (Å²) < 4.78 is 31.2. The minimum atomic E-state index is -3.72. The van der Waals surface area contributed by atoms with Gasteiger partial charge in [-0.1, -0.05) is 0 Å². The topological polar surface area (TPSA) is 95.9 Å². The van der Waals surface area contributed by atoms with Crippen LogP contribution >= 0.6 is 0 Å². The third kappa shape index (κ3) is 4.16. The Morgan fingerprint density at radius 3 is 2.62 bits per heavy atom. The first kappa shape index (κ1) is 17.4. The maximum Gasteiger partial charge on any atom is 0.335 e. The van der Waals surface area contributed by atoms with E-state index in [1.54, 1.807) is 7.05 Å². The summed E-state index contributed by atoms with van der Waals surface area (Å²) in [7, 11) is 0.865. The molecular weight excluding hydrogens is 296 g/mol. The maximum absolute atomic E-state index is 12.5. The molecule has 7 nitrogen and oxygen atoms in total. The van der Waals surface area contributed by atoms with Gasteiger partial charge in [0.05, 0.1) is 12.7 Å². The summed E-state index contributed by atoms with van der Waals surface area (Å²) in [6, 6.07) is 3.71. The van der Waals surface area contributed by atoms with E-state index < -0.39 is 16.0 Å². The molecule has 0 radical (unpaired) electrons. The zero-order chi connectivity index (χ0) is 16.0. The van der Waals surface area contributed by atoms with Crippen molar-refractivity contribution >= 4 is 16.0 Å². The van der Waals surface area contributed by atoms with Crippen molar-refractivity contribution in [2.45, 2.75) is 11.3 Å². The summed E-state index contributed by atoms with van der Waals surface area (Å²) in [6.45, 7) is 1.06. The Balaban J connectivity index is 3.10. The molecule has 0 heterocycles. The molecule has 118 valence electrons. The lowest BCUT2D eigenvalue weighted by Gasteiger charge is -2.19.